The minimum Gasteiger partial charge on any atom is -0.381 e. The SMILES string of the molecule is [B]c1c(C2(C(=O)N3CC(P)C(C)(I)C3)CCOCC2)ccc2[nH]c(CC3CCC(F)(P)CC3)nc12. The summed E-state index contributed by atoms with van der Waals surface area (Å²) in [6.45, 7) is 4.76. The Kier molecular flexibility index (Phi) is 7.36. The Morgan fingerprint density at radius 3 is 2.63 bits per heavy atom. The lowest BCUT2D eigenvalue weighted by molar-refractivity contribution is -0.140. The van der Waals surface area contributed by atoms with Gasteiger partial charge in [-0.15, -0.1) is 9.24 Å². The number of benzene rings is 1. The van der Waals surface area contributed by atoms with Crippen molar-refractivity contribution in [2.24, 2.45) is 5.92 Å². The number of hydrogen-bond acceptors (Lipinski definition) is 3. The summed E-state index contributed by atoms with van der Waals surface area (Å²) in [5.41, 5.74) is 2.76. The molecule has 5 rings (SSSR count). The number of aromatic nitrogens is 2. The molecule has 4 unspecified atom stereocenters. The Morgan fingerprint density at radius 2 is 2.00 bits per heavy atom. The summed E-state index contributed by atoms with van der Waals surface area (Å²) in [6, 6.07) is 4.04. The van der Waals surface area contributed by atoms with E-state index in [9.17, 15) is 9.18 Å². The van der Waals surface area contributed by atoms with Crippen molar-refractivity contribution in [2.45, 2.75) is 71.8 Å². The van der Waals surface area contributed by atoms with E-state index in [4.69, 9.17) is 17.6 Å². The Morgan fingerprint density at radius 1 is 1.31 bits per heavy atom. The summed E-state index contributed by atoms with van der Waals surface area (Å²) in [5.74, 6) is 1.47. The van der Waals surface area contributed by atoms with Crippen LogP contribution in [0.4, 0.5) is 4.39 Å². The van der Waals surface area contributed by atoms with Crippen molar-refractivity contribution in [2.75, 3.05) is 26.3 Å². The third-order valence-electron chi connectivity index (χ3n) is 8.41. The first-order valence-electron chi connectivity index (χ1n) is 12.6. The van der Waals surface area contributed by atoms with Gasteiger partial charge in [-0.05, 0) is 63.0 Å². The molecule has 2 aromatic rings. The predicted octanol–water partition coefficient (Wildman–Crippen LogP) is 3.96. The van der Waals surface area contributed by atoms with Crippen LogP contribution in [0.1, 0.15) is 56.8 Å². The number of rotatable bonds is 4. The summed E-state index contributed by atoms with van der Waals surface area (Å²) in [7, 11) is 12.1. The zero-order chi connectivity index (χ0) is 25.0. The van der Waals surface area contributed by atoms with Gasteiger partial charge in [0.05, 0.1) is 16.4 Å². The molecule has 1 aliphatic carbocycles. The monoisotopic (exact) mass is 627 g/mol. The molecule has 1 aromatic heterocycles. The molecular formula is C25H34BFIN3O2P2. The Hall–Kier alpha value is -0.295. The number of carbonyl (C=O) groups is 1. The molecule has 35 heavy (non-hydrogen) atoms. The zero-order valence-corrected chi connectivity index (χ0v) is 24.8. The largest absolute Gasteiger partial charge is 0.381 e. The first kappa shape index (κ1) is 26.3. The van der Waals surface area contributed by atoms with Crippen LogP contribution in [-0.4, -0.2) is 69.4 Å². The molecule has 0 spiro atoms. The van der Waals surface area contributed by atoms with Crippen LogP contribution in [0.5, 0.6) is 0 Å². The molecule has 1 aromatic carbocycles. The van der Waals surface area contributed by atoms with Crippen molar-refractivity contribution in [3.8, 4) is 0 Å². The van der Waals surface area contributed by atoms with Crippen molar-refractivity contribution in [1.29, 1.82) is 0 Å². The number of alkyl halides is 2. The summed E-state index contributed by atoms with van der Waals surface area (Å²) in [4.78, 5) is 24.4. The average Bonchev–Trinajstić information content (AvgIpc) is 3.35. The van der Waals surface area contributed by atoms with Gasteiger partial charge in [0.1, 0.15) is 19.1 Å². The van der Waals surface area contributed by atoms with Gasteiger partial charge >= 0.3 is 0 Å². The van der Waals surface area contributed by atoms with Crippen LogP contribution >= 0.6 is 41.1 Å². The molecule has 10 heteroatoms. The maximum atomic E-state index is 14.2. The van der Waals surface area contributed by atoms with Crippen LogP contribution in [0.15, 0.2) is 12.1 Å². The van der Waals surface area contributed by atoms with Gasteiger partial charge in [-0.1, -0.05) is 43.4 Å². The molecular weight excluding hydrogens is 593 g/mol. The van der Waals surface area contributed by atoms with E-state index < -0.39 is 10.8 Å². The average molecular weight is 627 g/mol. The number of amides is 1. The van der Waals surface area contributed by atoms with E-state index in [-0.39, 0.29) is 9.33 Å². The number of carbonyl (C=O) groups excluding carboxylic acids is 1. The molecule has 1 saturated carbocycles. The summed E-state index contributed by atoms with van der Waals surface area (Å²) >= 11 is 2.48. The lowest BCUT2D eigenvalue weighted by Gasteiger charge is -2.40. The number of nitrogens with zero attached hydrogens (tertiary/aromatic N) is 2. The minimum atomic E-state index is -1.12. The first-order valence-corrected chi connectivity index (χ1v) is 14.9. The second-order valence-electron chi connectivity index (χ2n) is 11.1. The molecule has 4 atom stereocenters. The summed E-state index contributed by atoms with van der Waals surface area (Å²) in [5, 5.41) is -1.12. The highest BCUT2D eigenvalue weighted by atomic mass is 127. The van der Waals surface area contributed by atoms with Crippen LogP contribution in [0.3, 0.4) is 0 Å². The van der Waals surface area contributed by atoms with Gasteiger partial charge in [-0.3, -0.25) is 4.79 Å². The molecule has 1 amide bonds. The standard InChI is InChI=1S/C25H34BFIN3O2P2/c1-23(28)14-31(13-18(23)34)22(32)24(8-10-33-11-9-24)16-2-3-17-21(20(16)26)30-19(29-17)12-15-4-6-25(27,35)7-5-15/h2-3,15,18H,4-14,34-35H2,1H3,(H,29,30). The van der Waals surface area contributed by atoms with Gasteiger partial charge in [-0.25, -0.2) is 9.37 Å². The van der Waals surface area contributed by atoms with E-state index in [2.05, 4.69) is 53.0 Å². The fourth-order valence-corrected chi connectivity index (χ4v) is 7.36. The molecule has 3 aliphatic rings. The molecule has 2 saturated heterocycles. The second kappa shape index (κ2) is 9.78. The van der Waals surface area contributed by atoms with Crippen molar-refractivity contribution in [1.82, 2.24) is 14.9 Å². The van der Waals surface area contributed by atoms with E-state index in [1.807, 2.05) is 17.0 Å². The third-order valence-corrected chi connectivity index (χ3v) is 11.8. The Labute approximate surface area is 226 Å². The van der Waals surface area contributed by atoms with E-state index in [1.54, 1.807) is 0 Å². The number of nitrogens with one attached hydrogen (secondary N) is 1. The fourth-order valence-electron chi connectivity index (χ4n) is 6.06. The topological polar surface area (TPSA) is 58.2 Å². The molecule has 0 bridgehead atoms. The van der Waals surface area contributed by atoms with Gasteiger partial charge < -0.3 is 14.6 Å². The van der Waals surface area contributed by atoms with Gasteiger partial charge in [0, 0.05) is 41.8 Å². The van der Waals surface area contributed by atoms with Gasteiger partial charge in [0.25, 0.3) is 0 Å². The first-order chi connectivity index (χ1) is 16.5. The molecule has 188 valence electrons. The highest BCUT2D eigenvalue weighted by Gasteiger charge is 2.49. The van der Waals surface area contributed by atoms with Crippen LogP contribution in [-0.2, 0) is 21.4 Å². The fraction of sp³-hybridized carbons (Fsp3) is 0.680. The molecule has 1 N–H and O–H groups in total. The third kappa shape index (κ3) is 5.08. The molecule has 2 aliphatic heterocycles. The maximum Gasteiger partial charge on any atom is 0.233 e. The molecule has 5 nitrogen and oxygen atoms in total. The highest BCUT2D eigenvalue weighted by molar-refractivity contribution is 14.1. The van der Waals surface area contributed by atoms with Crippen molar-refractivity contribution in [3.63, 3.8) is 0 Å². The van der Waals surface area contributed by atoms with Gasteiger partial charge in [0.2, 0.25) is 5.91 Å². The lowest BCUT2D eigenvalue weighted by Crippen LogP contribution is -2.51. The van der Waals surface area contributed by atoms with E-state index in [0.717, 1.165) is 54.8 Å². The normalized spacial score (nSPS) is 33.3. The number of aromatic amines is 1. The van der Waals surface area contributed by atoms with E-state index in [1.165, 1.54) is 0 Å². The number of ether oxygens (including phenoxy) is 1. The molecule has 3 fully saturated rings. The quantitative estimate of drug-likeness (QED) is 0.242. The highest BCUT2D eigenvalue weighted by Crippen LogP contribution is 2.43. The second-order valence-corrected chi connectivity index (χ2v) is 15.4. The summed E-state index contributed by atoms with van der Waals surface area (Å²) in [6.07, 6.45) is 4.90. The predicted molar refractivity (Wildman–Crippen MR) is 155 cm³/mol. The smallest absolute Gasteiger partial charge is 0.233 e. The van der Waals surface area contributed by atoms with E-state index >= 15 is 0 Å². The number of imidazole rings is 1. The van der Waals surface area contributed by atoms with Crippen molar-refractivity contribution >= 4 is 71.3 Å². The number of likely N-dealkylation sites (tertiary alicyclic amines) is 1. The Bertz CT molecular complexity index is 1110. The van der Waals surface area contributed by atoms with E-state index in [0.29, 0.717) is 55.9 Å². The molecule has 3 heterocycles. The Balaban J connectivity index is 1.45. The lowest BCUT2D eigenvalue weighted by atomic mass is 9.68. The number of hydrogen-bond donors (Lipinski definition) is 1. The summed E-state index contributed by atoms with van der Waals surface area (Å²) < 4.78 is 19.9. The minimum absolute atomic E-state index is 0.0361. The van der Waals surface area contributed by atoms with Crippen molar-refractivity contribution < 1.29 is 13.9 Å². The number of H-pyrrole nitrogens is 1. The number of halogens is 2. The van der Waals surface area contributed by atoms with Crippen LogP contribution in [0.2, 0.25) is 0 Å². The van der Waals surface area contributed by atoms with Crippen LogP contribution in [0, 0.1) is 5.92 Å². The van der Waals surface area contributed by atoms with Crippen molar-refractivity contribution in [3.05, 3.63) is 23.5 Å². The molecule has 2 radical (unpaired) electrons. The van der Waals surface area contributed by atoms with Crippen LogP contribution < -0.4 is 5.46 Å². The van der Waals surface area contributed by atoms with Gasteiger partial charge in [-0.2, -0.15) is 0 Å². The van der Waals surface area contributed by atoms with Crippen LogP contribution in [0.25, 0.3) is 11.0 Å². The maximum absolute atomic E-state index is 14.2. The zero-order valence-electron chi connectivity index (χ0n) is 20.3. The van der Waals surface area contributed by atoms with Gasteiger partial charge in [0.15, 0.2) is 0 Å². The number of fused-ring (bicyclic) bond motifs is 1.